The predicted molar refractivity (Wildman–Crippen MR) is 74.1 cm³/mol. The first-order valence-electron chi connectivity index (χ1n) is 6.25. The Morgan fingerprint density at radius 3 is 2.32 bits per heavy atom. The molecule has 0 aliphatic carbocycles. The summed E-state index contributed by atoms with van der Waals surface area (Å²) in [7, 11) is 1.49. The summed E-state index contributed by atoms with van der Waals surface area (Å²) in [6.07, 6.45) is 1.28. The van der Waals surface area contributed by atoms with E-state index in [1.807, 2.05) is 4.90 Å². The van der Waals surface area contributed by atoms with Crippen molar-refractivity contribution in [3.8, 4) is 5.75 Å². The quantitative estimate of drug-likeness (QED) is 0.666. The van der Waals surface area contributed by atoms with Gasteiger partial charge in [-0.25, -0.2) is 0 Å². The van der Waals surface area contributed by atoms with E-state index in [0.717, 1.165) is 5.69 Å². The van der Waals surface area contributed by atoms with Crippen molar-refractivity contribution in [1.29, 1.82) is 0 Å². The molecule has 0 radical (unpaired) electrons. The highest BCUT2D eigenvalue weighted by molar-refractivity contribution is 5.61. The number of rotatable bonds is 9. The molecule has 0 aliphatic heterocycles. The van der Waals surface area contributed by atoms with E-state index in [1.165, 1.54) is 7.11 Å². The number of anilines is 1. The Morgan fingerprint density at radius 1 is 1.21 bits per heavy atom. The summed E-state index contributed by atoms with van der Waals surface area (Å²) in [5.41, 5.74) is 1.14. The fourth-order valence-electron chi connectivity index (χ4n) is 1.83. The van der Waals surface area contributed by atoms with E-state index in [9.17, 15) is 4.91 Å². The van der Waals surface area contributed by atoms with Crippen LogP contribution in [0.4, 0.5) is 11.4 Å². The van der Waals surface area contributed by atoms with Crippen LogP contribution in [0.3, 0.4) is 0 Å². The minimum atomic E-state index is 0.112. The first-order valence-corrected chi connectivity index (χ1v) is 6.25. The molecule has 0 aliphatic rings. The van der Waals surface area contributed by atoms with E-state index < -0.39 is 0 Å². The second-order valence-electron chi connectivity index (χ2n) is 4.09. The summed E-state index contributed by atoms with van der Waals surface area (Å²) in [6.45, 7) is 1.57. The standard InChI is InChI=1S/C13H20N2O4/c1-19-13-10-11(4-5-12(13)14-18)15(6-2-8-16)7-3-9-17/h4-5,10,16-17H,2-3,6-9H2,1H3. The van der Waals surface area contributed by atoms with E-state index >= 15 is 0 Å². The smallest absolute Gasteiger partial charge is 0.150 e. The molecule has 0 spiro atoms. The summed E-state index contributed by atoms with van der Waals surface area (Å²) >= 11 is 0. The third-order valence-corrected chi connectivity index (χ3v) is 2.80. The van der Waals surface area contributed by atoms with Crippen molar-refractivity contribution in [2.75, 3.05) is 38.3 Å². The van der Waals surface area contributed by atoms with Gasteiger partial charge in [0.15, 0.2) is 0 Å². The van der Waals surface area contributed by atoms with Gasteiger partial charge in [-0.15, -0.1) is 4.91 Å². The monoisotopic (exact) mass is 268 g/mol. The Balaban J connectivity index is 2.90. The topological polar surface area (TPSA) is 82.4 Å². The zero-order valence-corrected chi connectivity index (χ0v) is 11.1. The van der Waals surface area contributed by atoms with Crippen LogP contribution < -0.4 is 9.64 Å². The Morgan fingerprint density at radius 2 is 1.84 bits per heavy atom. The second kappa shape index (κ2) is 8.44. The zero-order valence-electron chi connectivity index (χ0n) is 11.1. The van der Waals surface area contributed by atoms with Crippen molar-refractivity contribution in [1.82, 2.24) is 0 Å². The van der Waals surface area contributed by atoms with Crippen molar-refractivity contribution in [3.63, 3.8) is 0 Å². The molecule has 6 heteroatoms. The van der Waals surface area contributed by atoms with Crippen LogP contribution >= 0.6 is 0 Å². The maximum Gasteiger partial charge on any atom is 0.150 e. The largest absolute Gasteiger partial charge is 0.494 e. The Bertz CT molecular complexity index is 390. The molecule has 0 fully saturated rings. The maximum atomic E-state index is 10.6. The first kappa shape index (κ1) is 15.4. The molecule has 6 nitrogen and oxygen atoms in total. The van der Waals surface area contributed by atoms with Gasteiger partial charge in [-0.1, -0.05) is 0 Å². The van der Waals surface area contributed by atoms with Gasteiger partial charge in [-0.2, -0.15) is 0 Å². The maximum absolute atomic E-state index is 10.6. The molecule has 0 unspecified atom stereocenters. The van der Waals surface area contributed by atoms with Gasteiger partial charge < -0.3 is 19.8 Å². The predicted octanol–water partition coefficient (Wildman–Crippen LogP) is 1.66. The van der Waals surface area contributed by atoms with Gasteiger partial charge in [-0.3, -0.25) is 0 Å². The van der Waals surface area contributed by atoms with E-state index in [-0.39, 0.29) is 18.9 Å². The third kappa shape index (κ3) is 4.50. The van der Waals surface area contributed by atoms with Crippen molar-refractivity contribution >= 4 is 11.4 Å². The normalized spacial score (nSPS) is 10.3. The highest BCUT2D eigenvalue weighted by atomic mass is 16.5. The average molecular weight is 268 g/mol. The molecular formula is C13H20N2O4. The average Bonchev–Trinajstić information content (AvgIpc) is 2.46. The van der Waals surface area contributed by atoms with E-state index in [1.54, 1.807) is 18.2 Å². The number of hydrogen-bond acceptors (Lipinski definition) is 6. The number of ether oxygens (including phenoxy) is 1. The van der Waals surface area contributed by atoms with Crippen LogP contribution in [-0.2, 0) is 0 Å². The molecule has 1 rings (SSSR count). The molecule has 0 saturated carbocycles. The molecular weight excluding hydrogens is 248 g/mol. The number of benzene rings is 1. The molecule has 106 valence electrons. The molecule has 0 amide bonds. The summed E-state index contributed by atoms with van der Waals surface area (Å²) in [5, 5.41) is 20.7. The number of methoxy groups -OCH3 is 1. The van der Waals surface area contributed by atoms with Crippen molar-refractivity contribution in [2.45, 2.75) is 12.8 Å². The lowest BCUT2D eigenvalue weighted by atomic mass is 10.2. The van der Waals surface area contributed by atoms with Crippen LogP contribution in [0.15, 0.2) is 23.4 Å². The van der Waals surface area contributed by atoms with Gasteiger partial charge in [-0.05, 0) is 30.2 Å². The van der Waals surface area contributed by atoms with E-state index in [4.69, 9.17) is 14.9 Å². The van der Waals surface area contributed by atoms with Crippen molar-refractivity contribution < 1.29 is 14.9 Å². The Kier molecular flexibility index (Phi) is 6.84. The number of nitrogens with zero attached hydrogens (tertiary/aromatic N) is 2. The van der Waals surface area contributed by atoms with Crippen LogP contribution in [0.1, 0.15) is 12.8 Å². The molecule has 1 aromatic rings. The van der Waals surface area contributed by atoms with Crippen molar-refractivity contribution in [2.24, 2.45) is 5.18 Å². The number of hydrogen-bond donors (Lipinski definition) is 2. The van der Waals surface area contributed by atoms with Gasteiger partial charge in [0.2, 0.25) is 0 Å². The fourth-order valence-corrected chi connectivity index (χ4v) is 1.83. The molecule has 2 N–H and O–H groups in total. The number of aliphatic hydroxyl groups is 2. The Labute approximate surface area is 112 Å². The lowest BCUT2D eigenvalue weighted by Gasteiger charge is -2.24. The fraction of sp³-hybridized carbons (Fsp3) is 0.538. The molecule has 1 aromatic carbocycles. The van der Waals surface area contributed by atoms with Crippen LogP contribution in [0.2, 0.25) is 0 Å². The third-order valence-electron chi connectivity index (χ3n) is 2.80. The number of nitroso groups, excluding NO2 is 1. The van der Waals surface area contributed by atoms with Crippen molar-refractivity contribution in [3.05, 3.63) is 23.1 Å². The lowest BCUT2D eigenvalue weighted by molar-refractivity contribution is 0.282. The van der Waals surface area contributed by atoms with Crippen LogP contribution in [0.25, 0.3) is 0 Å². The Hall–Kier alpha value is -1.66. The van der Waals surface area contributed by atoms with E-state index in [0.29, 0.717) is 31.7 Å². The molecule has 0 atom stereocenters. The van der Waals surface area contributed by atoms with Gasteiger partial charge >= 0.3 is 0 Å². The van der Waals surface area contributed by atoms with Crippen LogP contribution in [-0.4, -0.2) is 43.6 Å². The minimum absolute atomic E-state index is 0.112. The number of aliphatic hydroxyl groups excluding tert-OH is 2. The molecule has 0 aromatic heterocycles. The second-order valence-corrected chi connectivity index (χ2v) is 4.09. The summed E-state index contributed by atoms with van der Waals surface area (Å²) < 4.78 is 5.12. The van der Waals surface area contributed by atoms with Crippen LogP contribution in [0, 0.1) is 4.91 Å². The van der Waals surface area contributed by atoms with Crippen LogP contribution in [0.5, 0.6) is 5.75 Å². The SMILES string of the molecule is COc1cc(N(CCCO)CCCO)ccc1N=O. The first-order chi connectivity index (χ1) is 9.26. The molecule has 0 bridgehead atoms. The highest BCUT2D eigenvalue weighted by Gasteiger charge is 2.10. The van der Waals surface area contributed by atoms with Gasteiger partial charge in [0.25, 0.3) is 0 Å². The van der Waals surface area contributed by atoms with Gasteiger partial charge in [0, 0.05) is 38.1 Å². The summed E-state index contributed by atoms with van der Waals surface area (Å²) in [5.74, 6) is 0.422. The van der Waals surface area contributed by atoms with E-state index in [2.05, 4.69) is 5.18 Å². The highest BCUT2D eigenvalue weighted by Crippen LogP contribution is 2.31. The molecule has 0 saturated heterocycles. The molecule has 0 heterocycles. The molecule has 19 heavy (non-hydrogen) atoms. The van der Waals surface area contributed by atoms with Gasteiger partial charge in [0.1, 0.15) is 11.4 Å². The summed E-state index contributed by atoms with van der Waals surface area (Å²) in [6, 6.07) is 5.13. The summed E-state index contributed by atoms with van der Waals surface area (Å²) in [4.78, 5) is 12.6. The van der Waals surface area contributed by atoms with Gasteiger partial charge in [0.05, 0.1) is 7.11 Å². The lowest BCUT2D eigenvalue weighted by Crippen LogP contribution is -2.26. The minimum Gasteiger partial charge on any atom is -0.494 e. The zero-order chi connectivity index (χ0) is 14.1.